The highest BCUT2D eigenvalue weighted by Crippen LogP contribution is 2.59. The van der Waals surface area contributed by atoms with Gasteiger partial charge in [-0.25, -0.2) is 28.6 Å². The summed E-state index contributed by atoms with van der Waals surface area (Å²) in [5.74, 6) is 0.429. The molecule has 2 heterocycles. The smallest absolute Gasteiger partial charge is 0.235 e. The minimum absolute atomic E-state index is 0.361. The number of benzene rings is 6. The molecule has 1 aromatic heterocycles. The zero-order valence-electron chi connectivity index (χ0n) is 23.2. The van der Waals surface area contributed by atoms with Gasteiger partial charge in [0.2, 0.25) is 7.49 Å². The molecule has 0 aliphatic carbocycles. The molecule has 1 aliphatic heterocycles. The van der Waals surface area contributed by atoms with Crippen LogP contribution < -0.4 is 15.9 Å². The van der Waals surface area contributed by atoms with E-state index in [1.807, 2.05) is 72.8 Å². The van der Waals surface area contributed by atoms with E-state index < -0.39 is 7.49 Å². The number of rotatable bonds is 4. The Morgan fingerprint density at radius 2 is 0.864 bits per heavy atom. The lowest BCUT2D eigenvalue weighted by molar-refractivity contribution is 0.627. The van der Waals surface area contributed by atoms with Gasteiger partial charge in [-0.3, -0.25) is 0 Å². The molecule has 4 nitrogen and oxygen atoms in total. The summed E-state index contributed by atoms with van der Waals surface area (Å²) in [5.41, 5.74) is 4.11. The molecule has 0 saturated heterocycles. The standard InChI is InChI=1S/C37H23F2N3OP/c38-25-17-13-23(14-18-25)35-40-36(24-15-19-26(39)20-16-24)42-37(41-35)31-21-22-34(28-8-2-1-7-27(28)31)44(43)32-11-5-3-9-29(32)30-10-4-6-12-33(30)44/h1-22,43H/q+1. The van der Waals surface area contributed by atoms with Crippen LogP contribution in [0.3, 0.4) is 0 Å². The van der Waals surface area contributed by atoms with E-state index in [0.717, 1.165) is 43.4 Å². The van der Waals surface area contributed by atoms with Gasteiger partial charge in [-0.2, -0.15) is 0 Å². The maximum Gasteiger partial charge on any atom is 0.240 e. The van der Waals surface area contributed by atoms with Crippen LogP contribution in [0.25, 0.3) is 56.1 Å². The van der Waals surface area contributed by atoms with Crippen LogP contribution in [0.4, 0.5) is 8.78 Å². The van der Waals surface area contributed by atoms with Crippen molar-refractivity contribution >= 4 is 34.2 Å². The molecular formula is C37H23F2N3OP+. The van der Waals surface area contributed by atoms with E-state index in [1.165, 1.54) is 24.3 Å². The third kappa shape index (κ3) is 4.15. The maximum atomic E-state index is 13.8. The summed E-state index contributed by atoms with van der Waals surface area (Å²) in [6.45, 7) is 0. The highest BCUT2D eigenvalue weighted by Gasteiger charge is 2.53. The molecule has 0 unspecified atom stereocenters. The molecule has 0 atom stereocenters. The van der Waals surface area contributed by atoms with E-state index >= 15 is 0 Å². The molecule has 210 valence electrons. The quantitative estimate of drug-likeness (QED) is 0.215. The molecule has 0 saturated carbocycles. The highest BCUT2D eigenvalue weighted by atomic mass is 31.2. The Balaban J connectivity index is 1.36. The van der Waals surface area contributed by atoms with Crippen molar-refractivity contribution in [2.45, 2.75) is 0 Å². The molecular weight excluding hydrogens is 571 g/mol. The first-order chi connectivity index (χ1) is 21.5. The molecule has 0 bridgehead atoms. The van der Waals surface area contributed by atoms with Gasteiger partial charge >= 0.3 is 0 Å². The lowest BCUT2D eigenvalue weighted by Gasteiger charge is -2.19. The molecule has 0 fully saturated rings. The van der Waals surface area contributed by atoms with Gasteiger partial charge in [-0.05, 0) is 78.2 Å². The lowest BCUT2D eigenvalue weighted by Crippen LogP contribution is -2.27. The Morgan fingerprint density at radius 1 is 0.409 bits per heavy atom. The second-order valence-electron chi connectivity index (χ2n) is 10.7. The summed E-state index contributed by atoms with van der Waals surface area (Å²) in [6.07, 6.45) is 0. The van der Waals surface area contributed by atoms with Crippen LogP contribution in [-0.4, -0.2) is 19.8 Å². The third-order valence-electron chi connectivity index (χ3n) is 8.13. The fraction of sp³-hybridized carbons (Fsp3) is 0. The maximum absolute atomic E-state index is 13.8. The first-order valence-corrected chi connectivity index (χ1v) is 15.9. The first kappa shape index (κ1) is 26.5. The van der Waals surface area contributed by atoms with E-state index in [2.05, 4.69) is 17.1 Å². The largest absolute Gasteiger partial charge is 0.240 e. The van der Waals surface area contributed by atoms with Crippen LogP contribution in [-0.2, 0) is 0 Å². The average Bonchev–Trinajstić information content (AvgIpc) is 3.33. The molecule has 1 aliphatic rings. The van der Waals surface area contributed by atoms with Crippen molar-refractivity contribution in [1.82, 2.24) is 15.0 Å². The van der Waals surface area contributed by atoms with Crippen molar-refractivity contribution in [2.24, 2.45) is 0 Å². The van der Waals surface area contributed by atoms with Crippen molar-refractivity contribution < 1.29 is 13.7 Å². The number of hydrogen-bond donors (Lipinski definition) is 1. The predicted octanol–water partition coefficient (Wildman–Crippen LogP) is 7.49. The number of fused-ring (bicyclic) bond motifs is 4. The van der Waals surface area contributed by atoms with Gasteiger partial charge in [0, 0.05) is 33.2 Å². The van der Waals surface area contributed by atoms with Gasteiger partial charge in [-0.15, -0.1) is 0 Å². The summed E-state index contributed by atoms with van der Waals surface area (Å²) in [7, 11) is -2.96. The number of nitrogens with zero attached hydrogens (tertiary/aromatic N) is 3. The zero-order chi connectivity index (χ0) is 29.8. The van der Waals surface area contributed by atoms with Crippen LogP contribution in [0.1, 0.15) is 0 Å². The minimum Gasteiger partial charge on any atom is -0.235 e. The summed E-state index contributed by atoms with van der Waals surface area (Å²) in [6, 6.07) is 40.0. The summed E-state index contributed by atoms with van der Waals surface area (Å²) in [4.78, 5) is 27.1. The lowest BCUT2D eigenvalue weighted by atomic mass is 10.0. The Morgan fingerprint density at radius 3 is 1.41 bits per heavy atom. The molecule has 7 heteroatoms. The van der Waals surface area contributed by atoms with E-state index in [4.69, 9.17) is 9.97 Å². The molecule has 7 aromatic rings. The Hall–Kier alpha value is -5.16. The van der Waals surface area contributed by atoms with Gasteiger partial charge in [0.25, 0.3) is 0 Å². The summed E-state index contributed by atoms with van der Waals surface area (Å²) < 4.78 is 27.6. The van der Waals surface area contributed by atoms with Crippen molar-refractivity contribution in [1.29, 1.82) is 0 Å². The molecule has 0 spiro atoms. The Labute approximate surface area is 252 Å². The average molecular weight is 595 g/mol. The molecule has 1 N–H and O–H groups in total. The van der Waals surface area contributed by atoms with E-state index in [1.54, 1.807) is 24.3 Å². The minimum atomic E-state index is -2.96. The number of halogens is 2. The van der Waals surface area contributed by atoms with Gasteiger partial charge in [0.1, 0.15) is 27.5 Å². The summed E-state index contributed by atoms with van der Waals surface area (Å²) in [5, 5.41) is 4.52. The topological polar surface area (TPSA) is 58.9 Å². The second-order valence-corrected chi connectivity index (χ2v) is 13.4. The SMILES string of the molecule is O[P+]1(c2ccc(-c3nc(-c4ccc(F)cc4)nc(-c4ccc(F)cc4)n3)c3ccccc23)c2ccccc2-c2ccccc21. The zero-order valence-corrected chi connectivity index (χ0v) is 24.1. The van der Waals surface area contributed by atoms with Crippen LogP contribution in [0.2, 0.25) is 0 Å². The third-order valence-corrected chi connectivity index (χ3v) is 11.4. The summed E-state index contributed by atoms with van der Waals surface area (Å²) >= 11 is 0. The van der Waals surface area contributed by atoms with E-state index in [-0.39, 0.29) is 11.6 Å². The fourth-order valence-corrected chi connectivity index (χ4v) is 9.37. The van der Waals surface area contributed by atoms with E-state index in [9.17, 15) is 13.7 Å². The van der Waals surface area contributed by atoms with Crippen molar-refractivity contribution in [3.05, 3.63) is 145 Å². The van der Waals surface area contributed by atoms with E-state index in [0.29, 0.717) is 28.6 Å². The van der Waals surface area contributed by atoms with Gasteiger partial charge in [-0.1, -0.05) is 60.7 Å². The number of aromatic nitrogens is 3. The monoisotopic (exact) mass is 594 g/mol. The molecule has 0 radical (unpaired) electrons. The van der Waals surface area contributed by atoms with Crippen molar-refractivity contribution in [2.75, 3.05) is 0 Å². The molecule has 44 heavy (non-hydrogen) atoms. The van der Waals surface area contributed by atoms with Gasteiger partial charge in [0.05, 0.1) is 0 Å². The molecule has 0 amide bonds. The molecule has 8 rings (SSSR count). The second kappa shape index (κ2) is 10.2. The Bertz CT molecular complexity index is 2110. The van der Waals surface area contributed by atoms with Crippen molar-refractivity contribution in [3.63, 3.8) is 0 Å². The predicted molar refractivity (Wildman–Crippen MR) is 173 cm³/mol. The van der Waals surface area contributed by atoms with Crippen molar-refractivity contribution in [3.8, 4) is 45.3 Å². The fourth-order valence-electron chi connectivity index (χ4n) is 6.07. The molecule has 6 aromatic carbocycles. The van der Waals surface area contributed by atoms with Gasteiger partial charge < -0.3 is 0 Å². The van der Waals surface area contributed by atoms with Gasteiger partial charge in [0.15, 0.2) is 17.5 Å². The van der Waals surface area contributed by atoms with Crippen LogP contribution >= 0.6 is 7.49 Å². The Kier molecular flexibility index (Phi) is 6.16. The van der Waals surface area contributed by atoms with Crippen LogP contribution in [0.5, 0.6) is 0 Å². The first-order valence-electron chi connectivity index (χ1n) is 14.1. The normalized spacial score (nSPS) is 13.1. The van der Waals surface area contributed by atoms with Crippen LogP contribution in [0.15, 0.2) is 133 Å². The number of hydrogen-bond acceptors (Lipinski definition) is 4. The van der Waals surface area contributed by atoms with Crippen LogP contribution in [0, 0.1) is 11.6 Å². The highest BCUT2D eigenvalue weighted by molar-refractivity contribution is 7.92.